The lowest BCUT2D eigenvalue weighted by atomic mass is 9.92. The predicted octanol–water partition coefficient (Wildman–Crippen LogP) is 4.50. The summed E-state index contributed by atoms with van der Waals surface area (Å²) in [5.41, 5.74) is -0.422. The van der Waals surface area contributed by atoms with E-state index in [1.807, 2.05) is 44.1 Å². The van der Waals surface area contributed by atoms with Crippen molar-refractivity contribution in [3.8, 4) is 0 Å². The summed E-state index contributed by atoms with van der Waals surface area (Å²) in [5, 5.41) is 0. The molecule has 1 amide bonds. The van der Waals surface area contributed by atoms with Gasteiger partial charge in [-0.1, -0.05) is 40.2 Å². The third-order valence-electron chi connectivity index (χ3n) is 4.69. The zero-order valence-corrected chi connectivity index (χ0v) is 17.3. The predicted molar refractivity (Wildman–Crippen MR) is 104 cm³/mol. The van der Waals surface area contributed by atoms with Crippen molar-refractivity contribution in [2.24, 2.45) is 12.0 Å². The van der Waals surface area contributed by atoms with E-state index >= 15 is 0 Å². The molecule has 0 bridgehead atoms. The Bertz CT molecular complexity index is 977. The van der Waals surface area contributed by atoms with Gasteiger partial charge in [0.2, 0.25) is 0 Å². The number of amides is 1. The summed E-state index contributed by atoms with van der Waals surface area (Å²) in [5.74, 6) is -0.880. The normalized spacial score (nSPS) is 13.0. The smallest absolute Gasteiger partial charge is 0.298 e. The molecule has 8 heteroatoms. The molecule has 0 saturated carbocycles. The van der Waals surface area contributed by atoms with Crippen LogP contribution in [0.25, 0.3) is 0 Å². The van der Waals surface area contributed by atoms with E-state index in [0.29, 0.717) is 24.4 Å². The summed E-state index contributed by atoms with van der Waals surface area (Å²) in [6.45, 7) is 8.72. The van der Waals surface area contributed by atoms with Gasteiger partial charge in [-0.25, -0.2) is 0 Å². The third-order valence-corrected chi connectivity index (χ3v) is 4.69. The fraction of sp³-hybridized carbons (Fsp3) is 0.476. The molecule has 29 heavy (non-hydrogen) atoms. The van der Waals surface area contributed by atoms with Crippen LogP contribution in [0.15, 0.2) is 29.3 Å². The van der Waals surface area contributed by atoms with E-state index in [0.717, 1.165) is 30.7 Å². The molecule has 1 heterocycles. The SMILES string of the molecule is CCCCn1/c(=N/C(=O)c2cc(C(F)(F)F)ccc2C=O)cc(C(C)(C)C)n1C. The number of hydrogen-bond donors (Lipinski definition) is 0. The molecule has 0 aliphatic carbocycles. The van der Waals surface area contributed by atoms with Crippen molar-refractivity contribution in [1.29, 1.82) is 0 Å². The molecule has 1 aromatic heterocycles. The van der Waals surface area contributed by atoms with E-state index in [-0.39, 0.29) is 16.5 Å². The highest BCUT2D eigenvalue weighted by Crippen LogP contribution is 2.30. The van der Waals surface area contributed by atoms with Crippen LogP contribution >= 0.6 is 0 Å². The Morgan fingerprint density at radius 1 is 1.17 bits per heavy atom. The number of aldehydes is 1. The fourth-order valence-corrected chi connectivity index (χ4v) is 3.12. The van der Waals surface area contributed by atoms with Gasteiger partial charge in [-0.2, -0.15) is 18.2 Å². The minimum Gasteiger partial charge on any atom is -0.298 e. The lowest BCUT2D eigenvalue weighted by Crippen LogP contribution is -2.25. The van der Waals surface area contributed by atoms with Crippen LogP contribution < -0.4 is 5.49 Å². The summed E-state index contributed by atoms with van der Waals surface area (Å²) in [6, 6.07) is 4.22. The Balaban J connectivity index is 2.65. The van der Waals surface area contributed by atoms with E-state index in [1.165, 1.54) is 0 Å². The minimum absolute atomic E-state index is 0.126. The van der Waals surface area contributed by atoms with Crippen LogP contribution in [0.5, 0.6) is 0 Å². The van der Waals surface area contributed by atoms with E-state index in [2.05, 4.69) is 4.99 Å². The number of halogens is 3. The number of aromatic nitrogens is 2. The van der Waals surface area contributed by atoms with Crippen LogP contribution in [-0.4, -0.2) is 21.6 Å². The lowest BCUT2D eigenvalue weighted by molar-refractivity contribution is -0.137. The molecule has 0 atom stereocenters. The number of hydrogen-bond acceptors (Lipinski definition) is 2. The lowest BCUT2D eigenvalue weighted by Gasteiger charge is -2.20. The first kappa shape index (κ1) is 22.6. The second-order valence-electron chi connectivity index (χ2n) is 7.97. The van der Waals surface area contributed by atoms with Crippen LogP contribution in [0.2, 0.25) is 0 Å². The first-order valence-corrected chi connectivity index (χ1v) is 9.43. The Hall–Kier alpha value is -2.64. The largest absolute Gasteiger partial charge is 0.416 e. The second kappa shape index (κ2) is 8.39. The minimum atomic E-state index is -4.62. The van der Waals surface area contributed by atoms with Gasteiger partial charge in [0.05, 0.1) is 11.1 Å². The van der Waals surface area contributed by atoms with Gasteiger partial charge in [-0.05, 0) is 18.6 Å². The molecule has 0 unspecified atom stereocenters. The first-order valence-electron chi connectivity index (χ1n) is 9.43. The number of nitrogens with zero attached hydrogens (tertiary/aromatic N) is 3. The summed E-state index contributed by atoms with van der Waals surface area (Å²) in [4.78, 5) is 28.1. The second-order valence-corrected chi connectivity index (χ2v) is 7.97. The van der Waals surface area contributed by atoms with Crippen molar-refractivity contribution >= 4 is 12.2 Å². The quantitative estimate of drug-likeness (QED) is 0.683. The van der Waals surface area contributed by atoms with Gasteiger partial charge in [0, 0.05) is 36.3 Å². The molecular formula is C21H26F3N3O2. The van der Waals surface area contributed by atoms with Crippen LogP contribution in [0.1, 0.15) is 72.5 Å². The molecule has 0 aliphatic heterocycles. The highest BCUT2D eigenvalue weighted by Gasteiger charge is 2.32. The molecule has 0 radical (unpaired) electrons. The highest BCUT2D eigenvalue weighted by molar-refractivity contribution is 6.02. The molecule has 158 valence electrons. The molecule has 2 rings (SSSR count). The van der Waals surface area contributed by atoms with Gasteiger partial charge in [0.1, 0.15) is 0 Å². The van der Waals surface area contributed by atoms with Gasteiger partial charge in [-0.3, -0.25) is 19.0 Å². The van der Waals surface area contributed by atoms with E-state index in [4.69, 9.17) is 0 Å². The molecule has 0 fully saturated rings. The highest BCUT2D eigenvalue weighted by atomic mass is 19.4. The zero-order chi connectivity index (χ0) is 22.0. The van der Waals surface area contributed by atoms with Crippen LogP contribution in [0.4, 0.5) is 13.2 Å². The van der Waals surface area contributed by atoms with Crippen molar-refractivity contribution in [2.75, 3.05) is 0 Å². The standard InChI is InChI=1S/C21H26F3N3O2/c1-6-7-10-27-18(12-17(26(27)5)20(2,3)4)25-19(29)16-11-15(21(22,23)24)9-8-14(16)13-28/h8-9,11-13H,6-7,10H2,1-5H3/b25-18+. The van der Waals surface area contributed by atoms with Crippen LogP contribution in [-0.2, 0) is 25.2 Å². The zero-order valence-electron chi connectivity index (χ0n) is 17.3. The van der Waals surface area contributed by atoms with Gasteiger partial charge < -0.3 is 0 Å². The molecule has 0 N–H and O–H groups in total. The summed E-state index contributed by atoms with van der Waals surface area (Å²) in [7, 11) is 1.86. The van der Waals surface area contributed by atoms with Crippen molar-refractivity contribution in [2.45, 2.75) is 58.7 Å². The summed E-state index contributed by atoms with van der Waals surface area (Å²) < 4.78 is 42.9. The Kier molecular flexibility index (Phi) is 6.55. The molecule has 0 aliphatic rings. The Morgan fingerprint density at radius 2 is 1.83 bits per heavy atom. The number of unbranched alkanes of at least 4 members (excludes halogenated alkanes) is 1. The monoisotopic (exact) mass is 409 g/mol. The maximum atomic E-state index is 13.0. The van der Waals surface area contributed by atoms with Gasteiger partial charge in [0.15, 0.2) is 11.8 Å². The summed E-state index contributed by atoms with van der Waals surface area (Å²) in [6.07, 6.45) is -2.48. The summed E-state index contributed by atoms with van der Waals surface area (Å²) >= 11 is 0. The van der Waals surface area contributed by atoms with Crippen molar-refractivity contribution in [3.63, 3.8) is 0 Å². The van der Waals surface area contributed by atoms with Crippen LogP contribution in [0, 0.1) is 0 Å². The van der Waals surface area contributed by atoms with Crippen molar-refractivity contribution < 1.29 is 22.8 Å². The third kappa shape index (κ3) is 5.05. The molecule has 5 nitrogen and oxygen atoms in total. The van der Waals surface area contributed by atoms with E-state index < -0.39 is 17.6 Å². The van der Waals surface area contributed by atoms with Gasteiger partial charge >= 0.3 is 6.18 Å². The van der Waals surface area contributed by atoms with Gasteiger partial charge in [-0.15, -0.1) is 0 Å². The van der Waals surface area contributed by atoms with Crippen LogP contribution in [0.3, 0.4) is 0 Å². The number of carbonyl (C=O) groups is 2. The molecular weight excluding hydrogens is 383 g/mol. The number of benzene rings is 1. The maximum Gasteiger partial charge on any atom is 0.416 e. The molecule has 0 spiro atoms. The topological polar surface area (TPSA) is 56.4 Å². The number of rotatable bonds is 5. The van der Waals surface area contributed by atoms with Gasteiger partial charge in [0.25, 0.3) is 5.91 Å². The maximum absolute atomic E-state index is 13.0. The fourth-order valence-electron chi connectivity index (χ4n) is 3.12. The Morgan fingerprint density at radius 3 is 2.34 bits per heavy atom. The molecule has 1 aromatic carbocycles. The number of carbonyl (C=O) groups excluding carboxylic acids is 2. The van der Waals surface area contributed by atoms with E-state index in [1.54, 1.807) is 6.07 Å². The average molecular weight is 409 g/mol. The van der Waals surface area contributed by atoms with Crippen molar-refractivity contribution in [1.82, 2.24) is 9.36 Å². The average Bonchev–Trinajstić information content (AvgIpc) is 2.94. The Labute approximate surface area is 167 Å². The molecule has 0 saturated heterocycles. The van der Waals surface area contributed by atoms with E-state index in [9.17, 15) is 22.8 Å². The number of alkyl halides is 3. The molecule has 2 aromatic rings. The van der Waals surface area contributed by atoms with Crippen molar-refractivity contribution in [3.05, 3.63) is 52.1 Å². The first-order chi connectivity index (χ1) is 13.4.